The van der Waals surface area contributed by atoms with Crippen LogP contribution in [-0.4, -0.2) is 115 Å². The monoisotopic (exact) mass is 1100 g/mol. The van der Waals surface area contributed by atoms with Crippen LogP contribution in [0.5, 0.6) is 5.75 Å². The summed E-state index contributed by atoms with van der Waals surface area (Å²) in [6, 6.07) is 13.5. The number of nitrogens with one attached hydrogen (secondary N) is 3. The lowest BCUT2D eigenvalue weighted by molar-refractivity contribution is -0.143. The van der Waals surface area contributed by atoms with Crippen molar-refractivity contribution in [2.75, 3.05) is 13.1 Å². The van der Waals surface area contributed by atoms with Crippen molar-refractivity contribution in [1.82, 2.24) is 40.6 Å². The quantitative estimate of drug-likeness (QED) is 0.0785. The number of aliphatic hydroxyl groups is 1. The summed E-state index contributed by atoms with van der Waals surface area (Å²) < 4.78 is 12.3. The van der Waals surface area contributed by atoms with E-state index in [1.54, 1.807) is 29.5 Å². The SMILES string of the molecule is CC(=O)NC(C(=O)N1CC(Oc2ccc3c(c2)C(=O)N(C(C(=O)N2CC(O)CC2C(=O)NCc2ccc(-c4ocnc4C)cc2C(C)(C)C)C(C)C)C3)CC1C(=O)NCc1ccc(-c2scnc2C)cc1C(C)(C)C)C(C)(C)C. The van der Waals surface area contributed by atoms with E-state index in [4.69, 9.17) is 9.15 Å². The van der Waals surface area contributed by atoms with Gasteiger partial charge in [-0.2, -0.15) is 0 Å². The van der Waals surface area contributed by atoms with Crippen molar-refractivity contribution in [1.29, 1.82) is 0 Å². The Bertz CT molecular complexity index is 3140. The zero-order valence-electron chi connectivity index (χ0n) is 48.2. The van der Waals surface area contributed by atoms with E-state index in [0.29, 0.717) is 22.6 Å². The number of amides is 6. The molecule has 3 aliphatic rings. The Hall–Kier alpha value is -6.92. The fourth-order valence-electron chi connectivity index (χ4n) is 11.3. The molecule has 0 bridgehead atoms. The molecular weight excluding hydrogens is 1020 g/mol. The number of likely N-dealkylation sites (tertiary alicyclic amines) is 2. The Morgan fingerprint density at radius 3 is 1.91 bits per heavy atom. The summed E-state index contributed by atoms with van der Waals surface area (Å²) >= 11 is 1.58. The lowest BCUT2D eigenvalue weighted by Gasteiger charge is -2.35. The molecule has 6 amide bonds. The van der Waals surface area contributed by atoms with Gasteiger partial charge in [0.25, 0.3) is 5.91 Å². The number of carbonyl (C=O) groups is 6. The fraction of sp³-hybridized carbons (Fsp3) is 0.508. The Morgan fingerprint density at radius 1 is 0.772 bits per heavy atom. The Kier molecular flexibility index (Phi) is 16.7. The van der Waals surface area contributed by atoms with Crippen LogP contribution in [0, 0.1) is 25.2 Å². The number of β-amino-alcohol motifs (C(OH)–C–C–N with tert-alkyl or cyclic N) is 1. The summed E-state index contributed by atoms with van der Waals surface area (Å²) in [5.74, 6) is -1.73. The molecule has 0 saturated carbocycles. The van der Waals surface area contributed by atoms with E-state index in [0.717, 1.165) is 49.6 Å². The second-order valence-electron chi connectivity index (χ2n) is 25.0. The van der Waals surface area contributed by atoms with Crippen molar-refractivity contribution in [3.05, 3.63) is 111 Å². The molecule has 3 aliphatic heterocycles. The summed E-state index contributed by atoms with van der Waals surface area (Å²) in [5.41, 5.74) is 9.16. The third kappa shape index (κ3) is 12.6. The topological polar surface area (TPSA) is 217 Å². The molecule has 79 heavy (non-hydrogen) atoms. The number of hydrogen-bond donors (Lipinski definition) is 4. The number of nitrogens with zero attached hydrogens (tertiary/aromatic N) is 5. The molecule has 0 aliphatic carbocycles. The minimum Gasteiger partial charge on any atom is -0.488 e. The summed E-state index contributed by atoms with van der Waals surface area (Å²) in [7, 11) is 0. The summed E-state index contributed by atoms with van der Waals surface area (Å²) in [6.45, 7) is 27.7. The number of benzene rings is 3. The number of oxazole rings is 1. The van der Waals surface area contributed by atoms with Gasteiger partial charge in [-0.3, -0.25) is 28.8 Å². The molecule has 17 nitrogen and oxygen atoms in total. The molecule has 3 aromatic carbocycles. The third-order valence-corrected chi connectivity index (χ3v) is 16.3. The summed E-state index contributed by atoms with van der Waals surface area (Å²) in [5, 5.41) is 20.0. The van der Waals surface area contributed by atoms with Crippen LogP contribution in [0.3, 0.4) is 0 Å². The fourth-order valence-corrected chi connectivity index (χ4v) is 12.1. The van der Waals surface area contributed by atoms with Gasteiger partial charge in [-0.25, -0.2) is 9.97 Å². The Labute approximate surface area is 468 Å². The maximum absolute atomic E-state index is 14.8. The molecule has 5 heterocycles. The minimum absolute atomic E-state index is 0.0319. The highest BCUT2D eigenvalue weighted by Gasteiger charge is 2.48. The van der Waals surface area contributed by atoms with Gasteiger partial charge in [0.05, 0.1) is 34.4 Å². The van der Waals surface area contributed by atoms with Crippen LogP contribution in [0.2, 0.25) is 0 Å². The maximum atomic E-state index is 14.8. The first-order valence-corrected chi connectivity index (χ1v) is 28.2. The first-order chi connectivity index (χ1) is 37.0. The molecule has 2 aromatic heterocycles. The highest BCUT2D eigenvalue weighted by atomic mass is 32.1. The van der Waals surface area contributed by atoms with Gasteiger partial charge in [0, 0.05) is 57.1 Å². The second-order valence-corrected chi connectivity index (χ2v) is 25.9. The van der Waals surface area contributed by atoms with Crippen LogP contribution >= 0.6 is 11.3 Å². The molecule has 18 heteroatoms. The normalized spacial score (nSPS) is 19.4. The van der Waals surface area contributed by atoms with Gasteiger partial charge in [0.1, 0.15) is 36.0 Å². The van der Waals surface area contributed by atoms with Gasteiger partial charge in [-0.1, -0.05) is 106 Å². The molecule has 5 aromatic rings. The van der Waals surface area contributed by atoms with E-state index in [1.807, 2.05) is 78.2 Å². The van der Waals surface area contributed by atoms with E-state index in [1.165, 1.54) is 28.0 Å². The molecular formula is C61H78N8O9S. The number of hydrogen-bond acceptors (Lipinski definition) is 12. The van der Waals surface area contributed by atoms with Gasteiger partial charge in [-0.15, -0.1) is 11.3 Å². The van der Waals surface area contributed by atoms with Crippen molar-refractivity contribution in [2.45, 2.75) is 177 Å². The zero-order chi connectivity index (χ0) is 57.6. The van der Waals surface area contributed by atoms with Gasteiger partial charge >= 0.3 is 0 Å². The van der Waals surface area contributed by atoms with Crippen molar-refractivity contribution >= 4 is 46.8 Å². The van der Waals surface area contributed by atoms with Gasteiger partial charge in [-0.05, 0) is 93.7 Å². The first kappa shape index (κ1) is 58.2. The Morgan fingerprint density at radius 2 is 1.37 bits per heavy atom. The lowest BCUT2D eigenvalue weighted by atomic mass is 9.82. The standard InChI is InChI=1S/C61H78N8O9S/c1-33(2)50(57(75)67-29-42(71)23-48(67)54(72)62-26-39-17-15-37(21-46(39)59(6,7)8)51-34(3)64-31-77-51)69-28-41-19-20-43(24-45(41)56(69)74)78-44-25-49(68(30-44)58(76)53(61(12,13)14)66-36(5)70)55(73)63-27-40-18-16-38(22-47(40)60(9,10)11)52-35(4)65-32-79-52/h15-22,24,31-33,42,44,48-50,53,71H,23,25-30H2,1-14H3,(H,62,72)(H,63,73)(H,66,70). The number of aryl methyl sites for hydroxylation is 2. The second kappa shape index (κ2) is 22.7. The highest BCUT2D eigenvalue weighted by Crippen LogP contribution is 2.37. The van der Waals surface area contributed by atoms with Crippen LogP contribution in [0.15, 0.2) is 70.9 Å². The van der Waals surface area contributed by atoms with Crippen LogP contribution in [0.25, 0.3) is 21.8 Å². The highest BCUT2D eigenvalue weighted by molar-refractivity contribution is 7.13. The van der Waals surface area contributed by atoms with Crippen molar-refractivity contribution in [2.24, 2.45) is 11.3 Å². The Balaban J connectivity index is 0.976. The molecule has 6 atom stereocenters. The van der Waals surface area contributed by atoms with Gasteiger partial charge < -0.3 is 44.9 Å². The first-order valence-electron chi connectivity index (χ1n) is 27.3. The number of carbonyl (C=O) groups excluding carboxylic acids is 6. The van der Waals surface area contributed by atoms with Crippen LogP contribution in [0.1, 0.15) is 145 Å². The number of aromatic nitrogens is 2. The van der Waals surface area contributed by atoms with Crippen LogP contribution < -0.4 is 20.7 Å². The van der Waals surface area contributed by atoms with Crippen LogP contribution in [-0.2, 0) is 54.4 Å². The van der Waals surface area contributed by atoms with Crippen molar-refractivity contribution in [3.8, 4) is 27.5 Å². The average molecular weight is 1100 g/mol. The molecule has 0 radical (unpaired) electrons. The molecule has 0 spiro atoms. The lowest BCUT2D eigenvalue weighted by Crippen LogP contribution is -2.57. The summed E-state index contributed by atoms with van der Waals surface area (Å²) in [4.78, 5) is 99.2. The number of thiazole rings is 1. The van der Waals surface area contributed by atoms with E-state index in [2.05, 4.69) is 79.6 Å². The van der Waals surface area contributed by atoms with Crippen LogP contribution in [0.4, 0.5) is 0 Å². The summed E-state index contributed by atoms with van der Waals surface area (Å²) in [6.07, 6.45) is -0.0184. The number of ether oxygens (including phenoxy) is 1. The molecule has 6 unspecified atom stereocenters. The minimum atomic E-state index is -0.967. The molecule has 4 N–H and O–H groups in total. The molecule has 2 saturated heterocycles. The van der Waals surface area contributed by atoms with Crippen molar-refractivity contribution < 1.29 is 43.0 Å². The maximum Gasteiger partial charge on any atom is 0.255 e. The average Bonchev–Trinajstić information content (AvgIpc) is 4.29. The third-order valence-electron chi connectivity index (χ3n) is 15.4. The van der Waals surface area contributed by atoms with Gasteiger partial charge in [0.15, 0.2) is 12.2 Å². The smallest absolute Gasteiger partial charge is 0.255 e. The molecule has 422 valence electrons. The van der Waals surface area contributed by atoms with Gasteiger partial charge in [0.2, 0.25) is 29.5 Å². The molecule has 8 rings (SSSR count). The largest absolute Gasteiger partial charge is 0.488 e. The zero-order valence-corrected chi connectivity index (χ0v) is 49.0. The molecule has 2 fully saturated rings. The van der Waals surface area contributed by atoms with E-state index < -0.39 is 59.5 Å². The number of fused-ring (bicyclic) bond motifs is 1. The predicted octanol–water partition coefficient (Wildman–Crippen LogP) is 8.15. The number of aliphatic hydroxyl groups excluding tert-OH is 1. The van der Waals surface area contributed by atoms with E-state index in [-0.39, 0.29) is 80.0 Å². The van der Waals surface area contributed by atoms with E-state index in [9.17, 15) is 33.9 Å². The number of rotatable bonds is 15. The van der Waals surface area contributed by atoms with Crippen molar-refractivity contribution in [3.63, 3.8) is 0 Å². The predicted molar refractivity (Wildman–Crippen MR) is 303 cm³/mol. The van der Waals surface area contributed by atoms with E-state index >= 15 is 0 Å².